The van der Waals surface area contributed by atoms with Crippen LogP contribution < -0.4 is 9.47 Å². The number of rotatable bonds is 8. The molecule has 6 nitrogen and oxygen atoms in total. The number of H-pyrrole nitrogens is 1. The smallest absolute Gasteiger partial charge is 0.130 e. The molecule has 0 amide bonds. The highest BCUT2D eigenvalue weighted by molar-refractivity contribution is 5.74. The van der Waals surface area contributed by atoms with Crippen LogP contribution in [0.5, 0.6) is 11.5 Å². The molecule has 0 saturated heterocycles. The van der Waals surface area contributed by atoms with Gasteiger partial charge in [-0.25, -0.2) is 0 Å². The largest absolute Gasteiger partial charge is 0.496 e. The Morgan fingerprint density at radius 3 is 2.66 bits per heavy atom. The van der Waals surface area contributed by atoms with Gasteiger partial charge in [-0.05, 0) is 73.7 Å². The van der Waals surface area contributed by atoms with Crippen LogP contribution in [0.15, 0.2) is 60.8 Å². The van der Waals surface area contributed by atoms with Gasteiger partial charge in [0.25, 0.3) is 0 Å². The first-order chi connectivity index (χ1) is 15.6. The van der Waals surface area contributed by atoms with Crippen LogP contribution in [0.3, 0.4) is 0 Å². The lowest BCUT2D eigenvalue weighted by atomic mass is 10.1. The standard InChI is InChI=1S/C26H26N4O2/c1-19-7-12-24(30(19)2)13-11-22-16-21(28-29-22)10-8-20-9-14-25(17-26(20)31-3)32-18-23-6-4-5-15-27-23/h4-17H,18H2,1-3H3,(H,28,29). The highest BCUT2D eigenvalue weighted by Gasteiger charge is 2.05. The number of nitrogens with zero attached hydrogens (tertiary/aromatic N) is 3. The molecule has 32 heavy (non-hydrogen) atoms. The van der Waals surface area contributed by atoms with Crippen molar-refractivity contribution in [3.05, 3.63) is 94.8 Å². The van der Waals surface area contributed by atoms with Crippen molar-refractivity contribution in [1.82, 2.24) is 19.7 Å². The number of methoxy groups -OCH3 is 1. The van der Waals surface area contributed by atoms with E-state index in [0.717, 1.165) is 39.8 Å². The first-order valence-electron chi connectivity index (χ1n) is 10.4. The lowest BCUT2D eigenvalue weighted by Gasteiger charge is -2.09. The van der Waals surface area contributed by atoms with E-state index in [9.17, 15) is 0 Å². The Balaban J connectivity index is 1.42. The van der Waals surface area contributed by atoms with Crippen LogP contribution in [0, 0.1) is 6.92 Å². The van der Waals surface area contributed by atoms with Crippen LogP contribution in [-0.4, -0.2) is 26.9 Å². The number of hydrogen-bond donors (Lipinski definition) is 1. The van der Waals surface area contributed by atoms with Gasteiger partial charge in [-0.1, -0.05) is 6.07 Å². The Morgan fingerprint density at radius 2 is 1.91 bits per heavy atom. The molecule has 3 heterocycles. The van der Waals surface area contributed by atoms with Gasteiger partial charge in [0, 0.05) is 36.3 Å². The Labute approximate surface area is 187 Å². The summed E-state index contributed by atoms with van der Waals surface area (Å²) in [6, 6.07) is 17.7. The molecule has 0 bridgehead atoms. The molecule has 4 rings (SSSR count). The summed E-state index contributed by atoms with van der Waals surface area (Å²) in [5.41, 5.74) is 5.96. The predicted octanol–water partition coefficient (Wildman–Crippen LogP) is 5.38. The fourth-order valence-electron chi connectivity index (χ4n) is 3.23. The van der Waals surface area contributed by atoms with Gasteiger partial charge in [-0.15, -0.1) is 0 Å². The van der Waals surface area contributed by atoms with Crippen molar-refractivity contribution in [3.63, 3.8) is 0 Å². The highest BCUT2D eigenvalue weighted by Crippen LogP contribution is 2.27. The summed E-state index contributed by atoms with van der Waals surface area (Å²) in [4.78, 5) is 4.27. The maximum Gasteiger partial charge on any atom is 0.130 e. The zero-order valence-corrected chi connectivity index (χ0v) is 18.4. The van der Waals surface area contributed by atoms with Crippen LogP contribution in [-0.2, 0) is 13.7 Å². The second-order valence-corrected chi connectivity index (χ2v) is 7.39. The maximum atomic E-state index is 5.84. The number of benzene rings is 1. The minimum atomic E-state index is 0.408. The Morgan fingerprint density at radius 1 is 1.00 bits per heavy atom. The van der Waals surface area contributed by atoms with Crippen molar-refractivity contribution in [2.24, 2.45) is 7.05 Å². The van der Waals surface area contributed by atoms with E-state index in [0.29, 0.717) is 6.61 Å². The summed E-state index contributed by atoms with van der Waals surface area (Å²) in [5, 5.41) is 7.42. The van der Waals surface area contributed by atoms with Crippen LogP contribution in [0.1, 0.15) is 34.0 Å². The maximum absolute atomic E-state index is 5.84. The van der Waals surface area contributed by atoms with E-state index in [1.807, 2.05) is 60.7 Å². The summed E-state index contributed by atoms with van der Waals surface area (Å²) < 4.78 is 13.5. The Hall–Kier alpha value is -4.06. The van der Waals surface area contributed by atoms with Crippen molar-refractivity contribution < 1.29 is 9.47 Å². The number of aromatic nitrogens is 4. The fraction of sp³-hybridized carbons (Fsp3) is 0.154. The summed E-state index contributed by atoms with van der Waals surface area (Å²) >= 11 is 0. The lowest BCUT2D eigenvalue weighted by molar-refractivity contribution is 0.299. The second kappa shape index (κ2) is 9.83. The molecule has 6 heteroatoms. The molecule has 0 atom stereocenters. The van der Waals surface area contributed by atoms with Crippen LogP contribution in [0.4, 0.5) is 0 Å². The summed E-state index contributed by atoms with van der Waals surface area (Å²) in [7, 11) is 3.70. The average molecular weight is 427 g/mol. The highest BCUT2D eigenvalue weighted by atomic mass is 16.5. The van der Waals surface area contributed by atoms with E-state index in [1.165, 1.54) is 5.69 Å². The molecule has 0 fully saturated rings. The number of pyridine rings is 1. The molecule has 0 aliphatic heterocycles. The minimum Gasteiger partial charge on any atom is -0.496 e. The molecule has 0 saturated carbocycles. The number of nitrogens with one attached hydrogen (secondary N) is 1. The van der Waals surface area contributed by atoms with Gasteiger partial charge in [-0.2, -0.15) is 5.10 Å². The van der Waals surface area contributed by atoms with E-state index in [4.69, 9.17) is 9.47 Å². The SMILES string of the molecule is COc1cc(OCc2ccccn2)ccc1C=Cc1cc(C=Cc2ccc(C)n2C)[nH]n1. The molecular weight excluding hydrogens is 400 g/mol. The number of aryl methyl sites for hydroxylation is 1. The predicted molar refractivity (Wildman–Crippen MR) is 128 cm³/mol. The average Bonchev–Trinajstić information content (AvgIpc) is 3.42. The van der Waals surface area contributed by atoms with Gasteiger partial charge in [0.1, 0.15) is 18.1 Å². The molecule has 1 aromatic carbocycles. The van der Waals surface area contributed by atoms with Gasteiger partial charge in [0.15, 0.2) is 0 Å². The number of ether oxygens (including phenoxy) is 2. The van der Waals surface area contributed by atoms with Gasteiger partial charge < -0.3 is 14.0 Å². The van der Waals surface area contributed by atoms with Crippen molar-refractivity contribution in [1.29, 1.82) is 0 Å². The first-order valence-corrected chi connectivity index (χ1v) is 10.4. The molecule has 0 aliphatic rings. The van der Waals surface area contributed by atoms with E-state index in [-0.39, 0.29) is 0 Å². The monoisotopic (exact) mass is 426 g/mol. The second-order valence-electron chi connectivity index (χ2n) is 7.39. The third-order valence-corrected chi connectivity index (χ3v) is 5.21. The first kappa shape index (κ1) is 21.2. The molecular formula is C26H26N4O2. The topological polar surface area (TPSA) is 65.0 Å². The molecule has 0 unspecified atom stereocenters. The number of aromatic amines is 1. The molecule has 3 aromatic heterocycles. The summed E-state index contributed by atoms with van der Waals surface area (Å²) in [6.07, 6.45) is 9.78. The van der Waals surface area contributed by atoms with E-state index in [2.05, 4.69) is 51.9 Å². The number of hydrogen-bond acceptors (Lipinski definition) is 4. The molecule has 4 aromatic rings. The lowest BCUT2D eigenvalue weighted by Crippen LogP contribution is -1.98. The van der Waals surface area contributed by atoms with Crippen molar-refractivity contribution in [3.8, 4) is 11.5 Å². The van der Waals surface area contributed by atoms with Gasteiger partial charge >= 0.3 is 0 Å². The minimum absolute atomic E-state index is 0.408. The molecule has 0 radical (unpaired) electrons. The Bertz CT molecular complexity index is 1240. The quantitative estimate of drug-likeness (QED) is 0.411. The molecule has 162 valence electrons. The van der Waals surface area contributed by atoms with Crippen LogP contribution >= 0.6 is 0 Å². The van der Waals surface area contributed by atoms with Crippen molar-refractivity contribution in [2.45, 2.75) is 13.5 Å². The molecule has 0 aliphatic carbocycles. The van der Waals surface area contributed by atoms with Crippen LogP contribution in [0.25, 0.3) is 24.3 Å². The molecule has 0 spiro atoms. The van der Waals surface area contributed by atoms with E-state index < -0.39 is 0 Å². The van der Waals surface area contributed by atoms with Crippen molar-refractivity contribution >= 4 is 24.3 Å². The zero-order valence-electron chi connectivity index (χ0n) is 18.4. The Kier molecular flexibility index (Phi) is 6.51. The summed E-state index contributed by atoms with van der Waals surface area (Å²) in [5.74, 6) is 1.46. The third kappa shape index (κ3) is 5.16. The summed E-state index contributed by atoms with van der Waals surface area (Å²) in [6.45, 7) is 2.49. The van der Waals surface area contributed by atoms with Gasteiger partial charge in [0.2, 0.25) is 0 Å². The van der Waals surface area contributed by atoms with Crippen LogP contribution in [0.2, 0.25) is 0 Å². The fourth-order valence-corrected chi connectivity index (χ4v) is 3.23. The van der Waals surface area contributed by atoms with E-state index in [1.54, 1.807) is 13.3 Å². The van der Waals surface area contributed by atoms with Gasteiger partial charge in [0.05, 0.1) is 24.2 Å². The van der Waals surface area contributed by atoms with E-state index >= 15 is 0 Å². The van der Waals surface area contributed by atoms with Gasteiger partial charge in [-0.3, -0.25) is 10.1 Å². The normalized spacial score (nSPS) is 11.5. The zero-order chi connectivity index (χ0) is 22.3. The molecule has 1 N–H and O–H groups in total. The third-order valence-electron chi connectivity index (χ3n) is 5.21. The van der Waals surface area contributed by atoms with Crippen molar-refractivity contribution in [2.75, 3.05) is 7.11 Å².